The first-order valence-electron chi connectivity index (χ1n) is 8.55. The zero-order valence-electron chi connectivity index (χ0n) is 15.0. The van der Waals surface area contributed by atoms with E-state index in [1.54, 1.807) is 12.3 Å². The maximum Gasteiger partial charge on any atom is 0.187 e. The van der Waals surface area contributed by atoms with Gasteiger partial charge in [-0.3, -0.25) is 4.79 Å². The SMILES string of the molecule is CN(C)C=CC(=O)c1ccccc1P(c1ccccc1)c1ccccc1. The average Bonchev–Trinajstić information content (AvgIpc) is 2.68. The van der Waals surface area contributed by atoms with Gasteiger partial charge in [-0.2, -0.15) is 0 Å². The molecule has 0 saturated carbocycles. The van der Waals surface area contributed by atoms with E-state index < -0.39 is 7.92 Å². The van der Waals surface area contributed by atoms with E-state index in [0.717, 1.165) is 10.9 Å². The summed E-state index contributed by atoms with van der Waals surface area (Å²) >= 11 is 0. The monoisotopic (exact) mass is 359 g/mol. The smallest absolute Gasteiger partial charge is 0.187 e. The summed E-state index contributed by atoms with van der Waals surface area (Å²) in [6.45, 7) is 0. The van der Waals surface area contributed by atoms with Crippen molar-refractivity contribution in [3.05, 3.63) is 103 Å². The molecule has 0 aromatic heterocycles. The number of benzene rings is 3. The van der Waals surface area contributed by atoms with Crippen LogP contribution in [0.1, 0.15) is 10.4 Å². The molecule has 130 valence electrons. The third-order valence-electron chi connectivity index (χ3n) is 3.96. The maximum absolute atomic E-state index is 12.8. The van der Waals surface area contributed by atoms with Crippen LogP contribution in [0.5, 0.6) is 0 Å². The Labute approximate surface area is 156 Å². The molecule has 0 amide bonds. The number of carbonyl (C=O) groups is 1. The lowest BCUT2D eigenvalue weighted by molar-refractivity contribution is 0.104. The van der Waals surface area contributed by atoms with Crippen LogP contribution < -0.4 is 15.9 Å². The molecular weight excluding hydrogens is 337 g/mol. The summed E-state index contributed by atoms with van der Waals surface area (Å²) in [5.41, 5.74) is 0.768. The van der Waals surface area contributed by atoms with Crippen LogP contribution in [-0.4, -0.2) is 24.8 Å². The summed E-state index contributed by atoms with van der Waals surface area (Å²) in [5, 5.41) is 3.57. The Morgan fingerprint density at radius 3 is 1.81 bits per heavy atom. The number of nitrogens with zero attached hydrogens (tertiary/aromatic N) is 1. The van der Waals surface area contributed by atoms with Crippen molar-refractivity contribution in [3.63, 3.8) is 0 Å². The molecule has 0 aliphatic heterocycles. The van der Waals surface area contributed by atoms with Gasteiger partial charge in [0, 0.05) is 31.9 Å². The predicted molar refractivity (Wildman–Crippen MR) is 112 cm³/mol. The Morgan fingerprint density at radius 2 is 1.27 bits per heavy atom. The quantitative estimate of drug-likeness (QED) is 0.380. The van der Waals surface area contributed by atoms with E-state index in [0.29, 0.717) is 0 Å². The zero-order valence-corrected chi connectivity index (χ0v) is 15.9. The van der Waals surface area contributed by atoms with E-state index in [1.807, 2.05) is 49.3 Å². The van der Waals surface area contributed by atoms with E-state index in [9.17, 15) is 4.79 Å². The van der Waals surface area contributed by atoms with Crippen molar-refractivity contribution >= 4 is 29.6 Å². The van der Waals surface area contributed by atoms with Crippen molar-refractivity contribution in [2.24, 2.45) is 0 Å². The molecule has 0 saturated heterocycles. The van der Waals surface area contributed by atoms with Crippen LogP contribution in [0.2, 0.25) is 0 Å². The van der Waals surface area contributed by atoms with Crippen molar-refractivity contribution in [1.82, 2.24) is 4.90 Å². The molecule has 3 rings (SSSR count). The maximum atomic E-state index is 12.8. The highest BCUT2D eigenvalue weighted by Gasteiger charge is 2.21. The molecule has 3 aromatic rings. The summed E-state index contributed by atoms with van der Waals surface area (Å²) < 4.78 is 0. The second-order valence-electron chi connectivity index (χ2n) is 6.17. The van der Waals surface area contributed by atoms with Crippen molar-refractivity contribution in [1.29, 1.82) is 0 Å². The molecular formula is C23H22NOP. The first kappa shape index (κ1) is 18.1. The van der Waals surface area contributed by atoms with Crippen molar-refractivity contribution in [3.8, 4) is 0 Å². The number of carbonyl (C=O) groups excluding carboxylic acids is 1. The van der Waals surface area contributed by atoms with Crippen LogP contribution in [0.25, 0.3) is 0 Å². The van der Waals surface area contributed by atoms with E-state index >= 15 is 0 Å². The lowest BCUT2D eigenvalue weighted by atomic mass is 10.1. The van der Waals surface area contributed by atoms with Crippen molar-refractivity contribution in [2.75, 3.05) is 14.1 Å². The minimum absolute atomic E-state index is 0.0358. The highest BCUT2D eigenvalue weighted by molar-refractivity contribution is 7.80. The van der Waals surface area contributed by atoms with Gasteiger partial charge >= 0.3 is 0 Å². The number of hydrogen-bond donors (Lipinski definition) is 0. The van der Waals surface area contributed by atoms with Gasteiger partial charge in [0.05, 0.1) is 0 Å². The average molecular weight is 359 g/mol. The lowest BCUT2D eigenvalue weighted by Crippen LogP contribution is -2.24. The van der Waals surface area contributed by atoms with Crippen LogP contribution in [0.4, 0.5) is 0 Å². The molecule has 0 atom stereocenters. The Bertz CT molecular complexity index is 849. The van der Waals surface area contributed by atoms with Gasteiger partial charge in [-0.1, -0.05) is 84.9 Å². The van der Waals surface area contributed by atoms with E-state index in [2.05, 4.69) is 54.6 Å². The second kappa shape index (κ2) is 8.60. The first-order valence-corrected chi connectivity index (χ1v) is 9.89. The van der Waals surface area contributed by atoms with Crippen molar-refractivity contribution < 1.29 is 4.79 Å². The Hall–Kier alpha value is -2.70. The lowest BCUT2D eigenvalue weighted by Gasteiger charge is -2.21. The molecule has 0 spiro atoms. The molecule has 2 nitrogen and oxygen atoms in total. The normalized spacial score (nSPS) is 11.0. The molecule has 0 N–H and O–H groups in total. The van der Waals surface area contributed by atoms with Crippen molar-refractivity contribution in [2.45, 2.75) is 0 Å². The fourth-order valence-corrected chi connectivity index (χ4v) is 5.22. The molecule has 26 heavy (non-hydrogen) atoms. The summed E-state index contributed by atoms with van der Waals surface area (Å²) in [4.78, 5) is 14.7. The largest absolute Gasteiger partial charge is 0.383 e. The number of rotatable bonds is 6. The molecule has 0 radical (unpaired) electrons. The topological polar surface area (TPSA) is 20.3 Å². The van der Waals surface area contributed by atoms with Crippen LogP contribution >= 0.6 is 7.92 Å². The van der Waals surface area contributed by atoms with Gasteiger partial charge in [0.15, 0.2) is 5.78 Å². The molecule has 3 aromatic carbocycles. The minimum Gasteiger partial charge on any atom is -0.383 e. The van der Waals surface area contributed by atoms with Gasteiger partial charge in [0.25, 0.3) is 0 Å². The van der Waals surface area contributed by atoms with Gasteiger partial charge in [-0.25, -0.2) is 0 Å². The highest BCUT2D eigenvalue weighted by Crippen LogP contribution is 2.34. The highest BCUT2D eigenvalue weighted by atomic mass is 31.1. The van der Waals surface area contributed by atoms with Crippen LogP contribution in [0, 0.1) is 0 Å². The number of hydrogen-bond acceptors (Lipinski definition) is 2. The standard InChI is InChI=1S/C23H22NOP/c1-24(2)18-17-22(25)21-15-9-10-16-23(21)26(19-11-5-3-6-12-19)20-13-7-4-8-14-20/h3-18H,1-2H3. The summed E-state index contributed by atoms with van der Waals surface area (Å²) in [6, 6.07) is 28.9. The Morgan fingerprint density at radius 1 is 0.769 bits per heavy atom. The summed E-state index contributed by atoms with van der Waals surface area (Å²) in [7, 11) is 3.03. The van der Waals surface area contributed by atoms with Gasteiger partial charge in [-0.15, -0.1) is 0 Å². The molecule has 0 fully saturated rings. The second-order valence-corrected chi connectivity index (χ2v) is 8.35. The van der Waals surface area contributed by atoms with Crippen LogP contribution in [0.3, 0.4) is 0 Å². The van der Waals surface area contributed by atoms with Crippen LogP contribution in [-0.2, 0) is 0 Å². The molecule has 0 aliphatic rings. The molecule has 3 heteroatoms. The third-order valence-corrected chi connectivity index (χ3v) is 6.46. The third kappa shape index (κ3) is 4.28. The number of allylic oxidation sites excluding steroid dienone is 1. The van der Waals surface area contributed by atoms with E-state index in [-0.39, 0.29) is 5.78 Å². The zero-order chi connectivity index (χ0) is 18.4. The fourth-order valence-electron chi connectivity index (χ4n) is 2.76. The molecule has 0 aliphatic carbocycles. The molecule has 0 bridgehead atoms. The Balaban J connectivity index is 2.13. The van der Waals surface area contributed by atoms with Gasteiger partial charge in [-0.05, 0) is 23.8 Å². The van der Waals surface area contributed by atoms with Gasteiger partial charge < -0.3 is 4.90 Å². The predicted octanol–water partition coefficient (Wildman–Crippen LogP) is 3.70. The van der Waals surface area contributed by atoms with E-state index in [1.165, 1.54) is 10.6 Å². The van der Waals surface area contributed by atoms with E-state index in [4.69, 9.17) is 0 Å². The molecule has 0 unspecified atom stereocenters. The van der Waals surface area contributed by atoms with Gasteiger partial charge in [0.2, 0.25) is 0 Å². The minimum atomic E-state index is -0.794. The first-order chi connectivity index (χ1) is 12.7. The molecule has 0 heterocycles. The number of ketones is 1. The van der Waals surface area contributed by atoms with Gasteiger partial charge in [0.1, 0.15) is 0 Å². The summed E-state index contributed by atoms with van der Waals surface area (Å²) in [6.07, 6.45) is 3.44. The Kier molecular flexibility index (Phi) is 5.99. The summed E-state index contributed by atoms with van der Waals surface area (Å²) in [5.74, 6) is 0.0358. The fraction of sp³-hybridized carbons (Fsp3) is 0.0870. The van der Waals surface area contributed by atoms with Crippen LogP contribution in [0.15, 0.2) is 97.2 Å².